The number of carbonyl (C=O) groups excluding carboxylic acids is 1. The highest BCUT2D eigenvalue weighted by Gasteiger charge is 2.04. The van der Waals surface area contributed by atoms with Crippen molar-refractivity contribution in [3.8, 4) is 0 Å². The maximum atomic E-state index is 10.9. The lowest BCUT2D eigenvalue weighted by Gasteiger charge is -2.00. The van der Waals surface area contributed by atoms with Crippen LogP contribution in [-0.4, -0.2) is 10.6 Å². The lowest BCUT2D eigenvalue weighted by molar-refractivity contribution is -0.118. The van der Waals surface area contributed by atoms with E-state index in [1.165, 1.54) is 0 Å². The van der Waals surface area contributed by atoms with Crippen molar-refractivity contribution in [3.05, 3.63) is 12.7 Å². The summed E-state index contributed by atoms with van der Waals surface area (Å²) in [6.45, 7) is 5.58. The highest BCUT2D eigenvalue weighted by atomic mass is 79.9. The second-order valence-electron chi connectivity index (χ2n) is 2.24. The van der Waals surface area contributed by atoms with Crippen LogP contribution in [0.4, 0.5) is 0 Å². The van der Waals surface area contributed by atoms with Crippen molar-refractivity contribution in [2.24, 2.45) is 0 Å². The third kappa shape index (κ3) is 4.74. The summed E-state index contributed by atoms with van der Waals surface area (Å²) in [5.41, 5.74) is 0. The van der Waals surface area contributed by atoms with Gasteiger partial charge in [-0.15, -0.1) is 6.58 Å². The molecule has 0 spiro atoms. The van der Waals surface area contributed by atoms with E-state index >= 15 is 0 Å². The largest absolute Gasteiger partial charge is 0.300 e. The molecule has 1 nitrogen and oxygen atoms in total. The third-order valence-corrected chi connectivity index (χ3v) is 1.90. The Morgan fingerprint density at radius 3 is 2.80 bits per heavy atom. The van der Waals surface area contributed by atoms with Crippen molar-refractivity contribution in [1.82, 2.24) is 0 Å². The Hall–Kier alpha value is -0.110. The van der Waals surface area contributed by atoms with Gasteiger partial charge in [-0.3, -0.25) is 4.79 Å². The van der Waals surface area contributed by atoms with Gasteiger partial charge in [-0.2, -0.15) is 0 Å². The zero-order valence-corrected chi connectivity index (χ0v) is 7.86. The lowest BCUT2D eigenvalue weighted by atomic mass is 10.1. The lowest BCUT2D eigenvalue weighted by Crippen LogP contribution is -2.03. The van der Waals surface area contributed by atoms with Crippen LogP contribution < -0.4 is 0 Å². The summed E-state index contributed by atoms with van der Waals surface area (Å²) >= 11 is 3.31. The number of halogens is 1. The van der Waals surface area contributed by atoms with Crippen LogP contribution in [0.5, 0.6) is 0 Å². The number of allylic oxidation sites excluding steroid dienone is 1. The molecule has 0 aliphatic heterocycles. The van der Waals surface area contributed by atoms with Crippen molar-refractivity contribution in [2.45, 2.75) is 31.0 Å². The van der Waals surface area contributed by atoms with Gasteiger partial charge >= 0.3 is 0 Å². The van der Waals surface area contributed by atoms with Crippen LogP contribution in [0.25, 0.3) is 0 Å². The molecule has 0 amide bonds. The molecule has 0 bridgehead atoms. The Morgan fingerprint density at radius 1 is 1.80 bits per heavy atom. The van der Waals surface area contributed by atoms with E-state index < -0.39 is 0 Å². The summed E-state index contributed by atoms with van der Waals surface area (Å²) in [4.78, 5) is 11.1. The van der Waals surface area contributed by atoms with Gasteiger partial charge < -0.3 is 0 Å². The minimum atomic E-state index is 0.159. The van der Waals surface area contributed by atoms with Crippen molar-refractivity contribution in [3.63, 3.8) is 0 Å². The molecule has 0 heterocycles. The SMILES string of the molecule is C=CC(Br)CC(=O)CCC. The first-order valence-electron chi connectivity index (χ1n) is 3.49. The number of hydrogen-bond donors (Lipinski definition) is 0. The zero-order chi connectivity index (χ0) is 7.98. The first-order chi connectivity index (χ1) is 4.70. The smallest absolute Gasteiger partial charge is 0.134 e. The van der Waals surface area contributed by atoms with Crippen LogP contribution in [0.1, 0.15) is 26.2 Å². The Bertz CT molecular complexity index is 120. The molecule has 10 heavy (non-hydrogen) atoms. The Morgan fingerprint density at radius 2 is 2.40 bits per heavy atom. The molecule has 0 aromatic rings. The second-order valence-corrected chi connectivity index (χ2v) is 3.42. The van der Waals surface area contributed by atoms with E-state index in [1.807, 2.05) is 6.92 Å². The maximum absolute atomic E-state index is 10.9. The molecule has 0 aromatic carbocycles. The summed E-state index contributed by atoms with van der Waals surface area (Å²) < 4.78 is 0. The number of rotatable bonds is 5. The van der Waals surface area contributed by atoms with Crippen molar-refractivity contribution < 1.29 is 4.79 Å². The monoisotopic (exact) mass is 204 g/mol. The summed E-state index contributed by atoms with van der Waals surface area (Å²) in [6, 6.07) is 0. The summed E-state index contributed by atoms with van der Waals surface area (Å²) in [5.74, 6) is 0.310. The summed E-state index contributed by atoms with van der Waals surface area (Å²) in [7, 11) is 0. The molecule has 0 rings (SSSR count). The van der Waals surface area contributed by atoms with Crippen molar-refractivity contribution in [1.29, 1.82) is 0 Å². The maximum Gasteiger partial charge on any atom is 0.134 e. The number of hydrogen-bond acceptors (Lipinski definition) is 1. The summed E-state index contributed by atoms with van der Waals surface area (Å²) in [6.07, 6.45) is 3.95. The van der Waals surface area contributed by atoms with Crippen LogP contribution in [0.15, 0.2) is 12.7 Å². The van der Waals surface area contributed by atoms with Gasteiger partial charge in [-0.25, -0.2) is 0 Å². The van der Waals surface area contributed by atoms with E-state index in [1.54, 1.807) is 6.08 Å². The average Bonchev–Trinajstić information content (AvgIpc) is 1.88. The molecule has 0 N–H and O–H groups in total. The van der Waals surface area contributed by atoms with Gasteiger partial charge in [0, 0.05) is 17.7 Å². The van der Waals surface area contributed by atoms with E-state index in [0.717, 1.165) is 6.42 Å². The van der Waals surface area contributed by atoms with Gasteiger partial charge in [0.2, 0.25) is 0 Å². The number of Topliss-reactive ketones (excluding diaryl/α,β-unsaturated/α-hetero) is 1. The predicted molar refractivity (Wildman–Crippen MR) is 47.4 cm³/mol. The van der Waals surface area contributed by atoms with E-state index in [4.69, 9.17) is 0 Å². The molecular formula is C8H13BrO. The van der Waals surface area contributed by atoms with Crippen LogP contribution in [0.2, 0.25) is 0 Å². The Kier molecular flexibility index (Phi) is 5.60. The van der Waals surface area contributed by atoms with Gasteiger partial charge in [0.25, 0.3) is 0 Å². The van der Waals surface area contributed by atoms with E-state index in [2.05, 4.69) is 22.5 Å². The molecule has 0 fully saturated rings. The van der Waals surface area contributed by atoms with Gasteiger partial charge in [0.05, 0.1) is 0 Å². The fourth-order valence-corrected chi connectivity index (χ4v) is 1.04. The van der Waals surface area contributed by atoms with Crippen LogP contribution >= 0.6 is 15.9 Å². The van der Waals surface area contributed by atoms with Crippen LogP contribution in [-0.2, 0) is 4.79 Å². The highest BCUT2D eigenvalue weighted by Crippen LogP contribution is 2.08. The topological polar surface area (TPSA) is 17.1 Å². The van der Waals surface area contributed by atoms with Gasteiger partial charge in [0.15, 0.2) is 0 Å². The fraction of sp³-hybridized carbons (Fsp3) is 0.625. The van der Waals surface area contributed by atoms with E-state index in [0.29, 0.717) is 18.6 Å². The van der Waals surface area contributed by atoms with Gasteiger partial charge in [0.1, 0.15) is 5.78 Å². The molecule has 2 heteroatoms. The Labute approximate surface area is 70.6 Å². The average molecular weight is 205 g/mol. The first-order valence-corrected chi connectivity index (χ1v) is 4.40. The number of carbonyl (C=O) groups is 1. The first kappa shape index (κ1) is 9.89. The fourth-order valence-electron chi connectivity index (χ4n) is 0.682. The van der Waals surface area contributed by atoms with E-state index in [-0.39, 0.29) is 4.83 Å². The Balaban J connectivity index is 3.46. The van der Waals surface area contributed by atoms with Gasteiger partial charge in [-0.05, 0) is 6.42 Å². The molecule has 0 aliphatic carbocycles. The number of ketones is 1. The summed E-state index contributed by atoms with van der Waals surface area (Å²) in [5, 5.41) is 0. The van der Waals surface area contributed by atoms with Gasteiger partial charge in [-0.1, -0.05) is 28.9 Å². The minimum absolute atomic E-state index is 0.159. The quantitative estimate of drug-likeness (QED) is 0.498. The molecule has 0 saturated heterocycles. The van der Waals surface area contributed by atoms with E-state index in [9.17, 15) is 4.79 Å². The predicted octanol–water partition coefficient (Wildman–Crippen LogP) is 2.70. The molecular weight excluding hydrogens is 192 g/mol. The molecule has 1 atom stereocenters. The standard InChI is InChI=1S/C8H13BrO/c1-3-5-8(10)6-7(9)4-2/h4,7H,2-3,5-6H2,1H3. The highest BCUT2D eigenvalue weighted by molar-refractivity contribution is 9.09. The molecule has 0 aliphatic rings. The molecule has 0 aromatic heterocycles. The van der Waals surface area contributed by atoms with Crippen molar-refractivity contribution in [2.75, 3.05) is 0 Å². The minimum Gasteiger partial charge on any atom is -0.300 e. The van der Waals surface area contributed by atoms with Crippen LogP contribution in [0.3, 0.4) is 0 Å². The van der Waals surface area contributed by atoms with Crippen molar-refractivity contribution >= 4 is 21.7 Å². The molecule has 58 valence electrons. The molecule has 0 radical (unpaired) electrons. The third-order valence-electron chi connectivity index (χ3n) is 1.21. The second kappa shape index (κ2) is 5.66. The zero-order valence-electron chi connectivity index (χ0n) is 6.27. The van der Waals surface area contributed by atoms with Crippen LogP contribution in [0, 0.1) is 0 Å². The molecule has 0 saturated carbocycles. The molecule has 1 unspecified atom stereocenters. The normalized spacial score (nSPS) is 12.6. The number of alkyl halides is 1.